The van der Waals surface area contributed by atoms with E-state index in [1.165, 1.54) is 17.8 Å². The fourth-order valence-corrected chi connectivity index (χ4v) is 2.15. The zero-order valence-corrected chi connectivity index (χ0v) is 10.7. The molecule has 0 atom stereocenters. The molecule has 1 aromatic carbocycles. The standard InChI is InChI=1S/C12H11FN2O3S/c13-8-3-1-2-4-9(8)19-7-10-14-11(18-15-10)5-6-12(16)17/h1-4H,5-7H2,(H,16,17). The van der Waals surface area contributed by atoms with Crippen LogP contribution < -0.4 is 0 Å². The van der Waals surface area contributed by atoms with Crippen molar-refractivity contribution in [3.63, 3.8) is 0 Å². The fraction of sp³-hybridized carbons (Fsp3) is 0.250. The number of rotatable bonds is 6. The number of aryl methyl sites for hydroxylation is 1. The van der Waals surface area contributed by atoms with Gasteiger partial charge in [-0.1, -0.05) is 17.3 Å². The number of halogens is 1. The summed E-state index contributed by atoms with van der Waals surface area (Å²) >= 11 is 1.26. The lowest BCUT2D eigenvalue weighted by molar-refractivity contribution is -0.137. The van der Waals surface area contributed by atoms with E-state index in [9.17, 15) is 9.18 Å². The van der Waals surface area contributed by atoms with Gasteiger partial charge in [0.25, 0.3) is 0 Å². The van der Waals surface area contributed by atoms with Gasteiger partial charge in [0.15, 0.2) is 5.82 Å². The number of benzene rings is 1. The third-order valence-electron chi connectivity index (χ3n) is 2.26. The van der Waals surface area contributed by atoms with Crippen LogP contribution in [0.15, 0.2) is 33.7 Å². The van der Waals surface area contributed by atoms with E-state index in [2.05, 4.69) is 10.1 Å². The predicted octanol–water partition coefficient (Wildman–Crippen LogP) is 2.52. The minimum atomic E-state index is -0.916. The van der Waals surface area contributed by atoms with Crippen molar-refractivity contribution in [2.75, 3.05) is 0 Å². The molecule has 7 heteroatoms. The molecular weight excluding hydrogens is 271 g/mol. The summed E-state index contributed by atoms with van der Waals surface area (Å²) in [6, 6.07) is 6.43. The molecule has 0 radical (unpaired) electrons. The second-order valence-electron chi connectivity index (χ2n) is 3.72. The van der Waals surface area contributed by atoms with E-state index in [4.69, 9.17) is 9.63 Å². The molecule has 5 nitrogen and oxygen atoms in total. The number of aromatic nitrogens is 2. The monoisotopic (exact) mass is 282 g/mol. The van der Waals surface area contributed by atoms with Crippen molar-refractivity contribution in [2.24, 2.45) is 0 Å². The van der Waals surface area contributed by atoms with E-state index in [0.717, 1.165) is 0 Å². The average molecular weight is 282 g/mol. The highest BCUT2D eigenvalue weighted by atomic mass is 32.2. The molecule has 1 N–H and O–H groups in total. The van der Waals surface area contributed by atoms with E-state index >= 15 is 0 Å². The van der Waals surface area contributed by atoms with Gasteiger partial charge in [0.2, 0.25) is 5.89 Å². The fourth-order valence-electron chi connectivity index (χ4n) is 1.37. The Hall–Kier alpha value is -1.89. The molecule has 2 rings (SSSR count). The number of thioether (sulfide) groups is 1. The zero-order valence-electron chi connectivity index (χ0n) is 9.88. The first-order chi connectivity index (χ1) is 9.15. The number of carboxylic acid groups (broad SMARTS) is 1. The second-order valence-corrected chi connectivity index (χ2v) is 4.73. The van der Waals surface area contributed by atoms with Crippen LogP contribution in [0.1, 0.15) is 18.1 Å². The smallest absolute Gasteiger partial charge is 0.303 e. The zero-order chi connectivity index (χ0) is 13.7. The summed E-state index contributed by atoms with van der Waals surface area (Å²) in [5, 5.41) is 12.2. The largest absolute Gasteiger partial charge is 0.481 e. The van der Waals surface area contributed by atoms with Crippen LogP contribution in [-0.4, -0.2) is 21.2 Å². The molecule has 0 unspecified atom stereocenters. The van der Waals surface area contributed by atoms with Gasteiger partial charge < -0.3 is 9.63 Å². The molecule has 0 amide bonds. The quantitative estimate of drug-likeness (QED) is 0.820. The molecule has 2 aromatic rings. The number of hydrogen-bond acceptors (Lipinski definition) is 5. The molecule has 0 aliphatic rings. The van der Waals surface area contributed by atoms with Crippen LogP contribution in [0.4, 0.5) is 4.39 Å². The van der Waals surface area contributed by atoms with Gasteiger partial charge in [0, 0.05) is 11.3 Å². The van der Waals surface area contributed by atoms with Gasteiger partial charge in [-0.2, -0.15) is 4.98 Å². The highest BCUT2D eigenvalue weighted by molar-refractivity contribution is 7.98. The maximum atomic E-state index is 13.4. The topological polar surface area (TPSA) is 76.2 Å². The third-order valence-corrected chi connectivity index (χ3v) is 3.30. The summed E-state index contributed by atoms with van der Waals surface area (Å²) in [5.41, 5.74) is 0. The molecule has 1 aromatic heterocycles. The summed E-state index contributed by atoms with van der Waals surface area (Å²) in [7, 11) is 0. The van der Waals surface area contributed by atoms with Crippen LogP contribution >= 0.6 is 11.8 Å². The second kappa shape index (κ2) is 6.33. The van der Waals surface area contributed by atoms with Crippen molar-refractivity contribution < 1.29 is 18.8 Å². The van der Waals surface area contributed by atoms with Crippen molar-refractivity contribution in [3.05, 3.63) is 41.8 Å². The SMILES string of the molecule is O=C(O)CCc1nc(CSc2ccccc2F)no1. The number of carbonyl (C=O) groups is 1. The van der Waals surface area contributed by atoms with Gasteiger partial charge >= 0.3 is 5.97 Å². The number of nitrogens with zero attached hydrogens (tertiary/aromatic N) is 2. The molecule has 0 saturated heterocycles. The summed E-state index contributed by atoms with van der Waals surface area (Å²) in [4.78, 5) is 14.9. The van der Waals surface area contributed by atoms with Crippen LogP contribution in [0.2, 0.25) is 0 Å². The van der Waals surface area contributed by atoms with Crippen LogP contribution in [0.3, 0.4) is 0 Å². The molecule has 0 bridgehead atoms. The number of hydrogen-bond donors (Lipinski definition) is 1. The van der Waals surface area contributed by atoms with E-state index in [0.29, 0.717) is 16.5 Å². The Bertz CT molecular complexity index is 574. The molecule has 0 fully saturated rings. The summed E-state index contributed by atoms with van der Waals surface area (Å²) in [6.07, 6.45) is 0.148. The van der Waals surface area contributed by atoms with E-state index in [-0.39, 0.29) is 24.5 Å². The Labute approximate surface area is 112 Å². The maximum Gasteiger partial charge on any atom is 0.303 e. The van der Waals surface area contributed by atoms with E-state index in [1.54, 1.807) is 18.2 Å². The first-order valence-electron chi connectivity index (χ1n) is 5.56. The number of carboxylic acids is 1. The van der Waals surface area contributed by atoms with Crippen LogP contribution in [0.25, 0.3) is 0 Å². The number of aliphatic carboxylic acids is 1. The minimum absolute atomic E-state index is 0.0535. The molecular formula is C12H11FN2O3S. The Morgan fingerprint density at radius 2 is 2.21 bits per heavy atom. The Balaban J connectivity index is 1.90. The Morgan fingerprint density at radius 1 is 1.42 bits per heavy atom. The summed E-state index contributed by atoms with van der Waals surface area (Å²) in [5.74, 6) is -0.125. The van der Waals surface area contributed by atoms with Crippen LogP contribution in [-0.2, 0) is 17.0 Å². The highest BCUT2D eigenvalue weighted by Gasteiger charge is 2.09. The summed E-state index contributed by atoms with van der Waals surface area (Å²) in [6.45, 7) is 0. The predicted molar refractivity (Wildman–Crippen MR) is 66.2 cm³/mol. The molecule has 0 aliphatic carbocycles. The molecule has 1 heterocycles. The normalized spacial score (nSPS) is 10.6. The van der Waals surface area contributed by atoms with Gasteiger partial charge in [0.05, 0.1) is 12.2 Å². The first-order valence-corrected chi connectivity index (χ1v) is 6.54. The van der Waals surface area contributed by atoms with Gasteiger partial charge in [0.1, 0.15) is 5.82 Å². The third kappa shape index (κ3) is 4.06. The van der Waals surface area contributed by atoms with Gasteiger partial charge in [-0.05, 0) is 12.1 Å². The van der Waals surface area contributed by atoms with Crippen molar-refractivity contribution in [1.82, 2.24) is 10.1 Å². The first kappa shape index (κ1) is 13.5. The highest BCUT2D eigenvalue weighted by Crippen LogP contribution is 2.24. The van der Waals surface area contributed by atoms with Crippen LogP contribution in [0.5, 0.6) is 0 Å². The van der Waals surface area contributed by atoms with Crippen molar-refractivity contribution in [3.8, 4) is 0 Å². The molecule has 0 aliphatic heterocycles. The van der Waals surface area contributed by atoms with Gasteiger partial charge in [-0.15, -0.1) is 11.8 Å². The lowest BCUT2D eigenvalue weighted by Gasteiger charge is -1.99. The van der Waals surface area contributed by atoms with Crippen molar-refractivity contribution in [1.29, 1.82) is 0 Å². The van der Waals surface area contributed by atoms with Crippen LogP contribution in [0, 0.1) is 5.82 Å². The Morgan fingerprint density at radius 3 is 2.95 bits per heavy atom. The van der Waals surface area contributed by atoms with Gasteiger partial charge in [-0.25, -0.2) is 4.39 Å². The molecule has 19 heavy (non-hydrogen) atoms. The molecule has 100 valence electrons. The maximum absolute atomic E-state index is 13.4. The molecule has 0 saturated carbocycles. The minimum Gasteiger partial charge on any atom is -0.481 e. The van der Waals surface area contributed by atoms with Crippen molar-refractivity contribution in [2.45, 2.75) is 23.5 Å². The van der Waals surface area contributed by atoms with Gasteiger partial charge in [-0.3, -0.25) is 4.79 Å². The average Bonchev–Trinajstić information content (AvgIpc) is 2.83. The van der Waals surface area contributed by atoms with E-state index in [1.807, 2.05) is 0 Å². The lowest BCUT2D eigenvalue weighted by Crippen LogP contribution is -1.97. The summed E-state index contributed by atoms with van der Waals surface area (Å²) < 4.78 is 18.3. The lowest BCUT2D eigenvalue weighted by atomic mass is 10.3. The van der Waals surface area contributed by atoms with Crippen molar-refractivity contribution >= 4 is 17.7 Å². The Kier molecular flexibility index (Phi) is 4.51. The molecule has 0 spiro atoms. The van der Waals surface area contributed by atoms with E-state index < -0.39 is 5.97 Å².